The average molecular weight is 383 g/mol. The molecule has 0 saturated carbocycles. The number of nitrogens with zero attached hydrogens (tertiary/aromatic N) is 2. The maximum atomic E-state index is 14.2. The van der Waals surface area contributed by atoms with Crippen LogP contribution in [-0.2, 0) is 10.0 Å². The Bertz CT molecular complexity index is 1050. The molecule has 0 saturated heterocycles. The minimum atomic E-state index is -4.34. The van der Waals surface area contributed by atoms with Crippen molar-refractivity contribution in [3.8, 4) is 11.3 Å². The quantitative estimate of drug-likeness (QED) is 0.647. The summed E-state index contributed by atoms with van der Waals surface area (Å²) in [4.78, 5) is 14.6. The molecule has 25 heavy (non-hydrogen) atoms. The minimum absolute atomic E-state index is 0.216. The summed E-state index contributed by atoms with van der Waals surface area (Å²) in [6, 6.07) is 6.74. The van der Waals surface area contributed by atoms with Crippen LogP contribution in [0.3, 0.4) is 0 Å². The van der Waals surface area contributed by atoms with Crippen LogP contribution in [0, 0.1) is 11.6 Å². The van der Waals surface area contributed by atoms with E-state index in [2.05, 4.69) is 4.98 Å². The van der Waals surface area contributed by atoms with Gasteiger partial charge in [0.1, 0.15) is 21.7 Å². The summed E-state index contributed by atoms with van der Waals surface area (Å²) in [5, 5.41) is -0.475. The van der Waals surface area contributed by atoms with Crippen LogP contribution in [0.25, 0.3) is 11.3 Å². The summed E-state index contributed by atoms with van der Waals surface area (Å²) in [7, 11) is -4.34. The van der Waals surface area contributed by atoms with Crippen molar-refractivity contribution in [1.82, 2.24) is 8.96 Å². The van der Waals surface area contributed by atoms with Gasteiger partial charge >= 0.3 is 0 Å². The molecule has 0 fully saturated rings. The summed E-state index contributed by atoms with van der Waals surface area (Å²) in [6.07, 6.45) is 2.73. The van der Waals surface area contributed by atoms with Gasteiger partial charge in [-0.15, -0.1) is 0 Å². The van der Waals surface area contributed by atoms with Gasteiger partial charge in [-0.1, -0.05) is 17.7 Å². The normalized spacial score (nSPS) is 11.5. The highest BCUT2D eigenvalue weighted by atomic mass is 35.5. The number of rotatable bonds is 4. The third-order valence-electron chi connectivity index (χ3n) is 3.45. The zero-order chi connectivity index (χ0) is 18.2. The van der Waals surface area contributed by atoms with Crippen LogP contribution in [0.15, 0.2) is 53.7 Å². The molecule has 0 unspecified atom stereocenters. The summed E-state index contributed by atoms with van der Waals surface area (Å²) < 4.78 is 54.6. The Morgan fingerprint density at radius 2 is 1.80 bits per heavy atom. The third-order valence-corrected chi connectivity index (χ3v) is 5.63. The van der Waals surface area contributed by atoms with E-state index in [1.165, 1.54) is 18.3 Å². The van der Waals surface area contributed by atoms with Crippen molar-refractivity contribution in [1.29, 1.82) is 0 Å². The Morgan fingerprint density at radius 1 is 1.12 bits per heavy atom. The topological polar surface area (TPSA) is 69.0 Å². The van der Waals surface area contributed by atoms with Gasteiger partial charge in [0, 0.05) is 12.4 Å². The van der Waals surface area contributed by atoms with Gasteiger partial charge in [-0.3, -0.25) is 9.78 Å². The standard InChI is InChI=1S/C16H9ClF2N2O3S/c17-16-10(9-22)7-14(15-12(18)4-1-5-13(15)19)21(16)25(23,24)11-3-2-6-20-8-11/h1-9H. The summed E-state index contributed by atoms with van der Waals surface area (Å²) >= 11 is 6.01. The molecule has 0 aliphatic rings. The van der Waals surface area contributed by atoms with Crippen molar-refractivity contribution in [2.24, 2.45) is 0 Å². The predicted molar refractivity (Wildman–Crippen MR) is 87.0 cm³/mol. The SMILES string of the molecule is O=Cc1cc(-c2c(F)cccc2F)n(S(=O)(=O)c2cccnc2)c1Cl. The molecule has 5 nitrogen and oxygen atoms in total. The second kappa shape index (κ2) is 6.38. The number of pyridine rings is 1. The van der Waals surface area contributed by atoms with Crippen LogP contribution in [0.5, 0.6) is 0 Å². The van der Waals surface area contributed by atoms with Crippen LogP contribution < -0.4 is 0 Å². The monoisotopic (exact) mass is 382 g/mol. The Balaban J connectivity index is 2.39. The Hall–Kier alpha value is -2.58. The lowest BCUT2D eigenvalue weighted by Gasteiger charge is -2.12. The molecule has 2 heterocycles. The van der Waals surface area contributed by atoms with E-state index in [4.69, 9.17) is 11.6 Å². The first kappa shape index (κ1) is 17.2. The molecule has 0 bridgehead atoms. The molecule has 0 N–H and O–H groups in total. The lowest BCUT2D eigenvalue weighted by Crippen LogP contribution is -2.15. The van der Waals surface area contributed by atoms with Crippen LogP contribution in [0.4, 0.5) is 8.78 Å². The van der Waals surface area contributed by atoms with Crippen molar-refractivity contribution in [2.75, 3.05) is 0 Å². The van der Waals surface area contributed by atoms with Gasteiger partial charge in [-0.05, 0) is 30.3 Å². The first-order valence-electron chi connectivity index (χ1n) is 6.84. The van der Waals surface area contributed by atoms with Gasteiger partial charge in [0.25, 0.3) is 10.0 Å². The number of hydrogen-bond acceptors (Lipinski definition) is 4. The largest absolute Gasteiger partial charge is 0.298 e. The molecule has 9 heteroatoms. The van der Waals surface area contributed by atoms with Crippen molar-refractivity contribution >= 4 is 27.9 Å². The van der Waals surface area contributed by atoms with Crippen LogP contribution >= 0.6 is 11.6 Å². The molecule has 2 aromatic heterocycles. The lowest BCUT2D eigenvalue weighted by atomic mass is 10.1. The molecule has 0 radical (unpaired) electrons. The molecule has 0 atom stereocenters. The second-order valence-corrected chi connectivity index (χ2v) is 7.09. The van der Waals surface area contributed by atoms with E-state index in [0.29, 0.717) is 10.3 Å². The highest BCUT2D eigenvalue weighted by Crippen LogP contribution is 2.35. The zero-order valence-electron chi connectivity index (χ0n) is 12.4. The molecule has 1 aromatic carbocycles. The summed E-state index contributed by atoms with van der Waals surface area (Å²) in [5.41, 5.74) is -1.22. The van der Waals surface area contributed by atoms with E-state index in [1.54, 1.807) is 0 Å². The maximum absolute atomic E-state index is 14.2. The van der Waals surface area contributed by atoms with Gasteiger partial charge < -0.3 is 0 Å². The van der Waals surface area contributed by atoms with Gasteiger partial charge in [0.05, 0.1) is 16.8 Å². The Kier molecular flexibility index (Phi) is 4.40. The predicted octanol–water partition coefficient (Wildman–Crippen LogP) is 3.53. The maximum Gasteiger partial charge on any atom is 0.270 e. The van der Waals surface area contributed by atoms with E-state index < -0.39 is 38.1 Å². The van der Waals surface area contributed by atoms with Crippen LogP contribution in [0.1, 0.15) is 10.4 Å². The Labute approximate surface area is 146 Å². The number of hydrogen-bond donors (Lipinski definition) is 0. The van der Waals surface area contributed by atoms with Crippen LogP contribution in [-0.4, -0.2) is 23.7 Å². The smallest absolute Gasteiger partial charge is 0.270 e. The van der Waals surface area contributed by atoms with E-state index in [0.717, 1.165) is 30.5 Å². The van der Waals surface area contributed by atoms with Gasteiger partial charge in [0.15, 0.2) is 6.29 Å². The number of aromatic nitrogens is 2. The number of benzene rings is 1. The number of carbonyl (C=O) groups is 1. The summed E-state index contributed by atoms with van der Waals surface area (Å²) in [5.74, 6) is -1.98. The fourth-order valence-corrected chi connectivity index (χ4v) is 4.16. The molecule has 0 aliphatic heterocycles. The van der Waals surface area contributed by atoms with Gasteiger partial charge in [-0.25, -0.2) is 21.2 Å². The van der Waals surface area contributed by atoms with Gasteiger partial charge in [0.2, 0.25) is 0 Å². The Morgan fingerprint density at radius 3 is 2.36 bits per heavy atom. The number of aldehydes is 1. The average Bonchev–Trinajstić information content (AvgIpc) is 2.92. The number of carbonyl (C=O) groups excluding carboxylic acids is 1. The zero-order valence-corrected chi connectivity index (χ0v) is 13.9. The molecule has 3 aromatic rings. The van der Waals surface area contributed by atoms with Crippen molar-refractivity contribution in [3.05, 3.63) is 71.1 Å². The first-order chi connectivity index (χ1) is 11.9. The first-order valence-corrected chi connectivity index (χ1v) is 8.66. The van der Waals surface area contributed by atoms with Crippen molar-refractivity contribution in [2.45, 2.75) is 4.90 Å². The molecule has 128 valence electrons. The highest BCUT2D eigenvalue weighted by molar-refractivity contribution is 7.90. The fraction of sp³-hybridized carbons (Fsp3) is 0. The molecule has 3 rings (SSSR count). The van der Waals surface area contributed by atoms with E-state index in [9.17, 15) is 22.0 Å². The number of halogens is 3. The second-order valence-electron chi connectivity index (χ2n) is 4.95. The lowest BCUT2D eigenvalue weighted by molar-refractivity contribution is 0.112. The van der Waals surface area contributed by atoms with Crippen molar-refractivity contribution in [3.63, 3.8) is 0 Å². The van der Waals surface area contributed by atoms with E-state index >= 15 is 0 Å². The summed E-state index contributed by atoms with van der Waals surface area (Å²) in [6.45, 7) is 0. The fourth-order valence-electron chi connectivity index (χ4n) is 2.33. The van der Waals surface area contributed by atoms with Crippen molar-refractivity contribution < 1.29 is 22.0 Å². The molecule has 0 amide bonds. The van der Waals surface area contributed by atoms with E-state index in [-0.39, 0.29) is 10.5 Å². The molecule has 0 spiro atoms. The molecular weight excluding hydrogens is 374 g/mol. The molecule has 0 aliphatic carbocycles. The molecular formula is C16H9ClF2N2O3S. The van der Waals surface area contributed by atoms with Crippen LogP contribution in [0.2, 0.25) is 5.15 Å². The highest BCUT2D eigenvalue weighted by Gasteiger charge is 2.29. The van der Waals surface area contributed by atoms with Gasteiger partial charge in [-0.2, -0.15) is 0 Å². The third kappa shape index (κ3) is 2.83. The minimum Gasteiger partial charge on any atom is -0.298 e. The van der Waals surface area contributed by atoms with E-state index in [1.807, 2.05) is 0 Å².